The SMILES string of the molecule is COc1ccc(C2CC(N(C)S(C)(=O)=O)=Cc3ccc(F)cc32)cc1. The lowest BCUT2D eigenvalue weighted by Crippen LogP contribution is -2.27. The Kier molecular flexibility index (Phi) is 4.56. The Bertz CT molecular complexity index is 920. The van der Waals surface area contributed by atoms with Gasteiger partial charge in [0.25, 0.3) is 0 Å². The molecule has 1 atom stereocenters. The van der Waals surface area contributed by atoms with Gasteiger partial charge in [-0.3, -0.25) is 4.31 Å². The standard InChI is InChI=1S/C19H20FNO3S/c1-21(25(3,22)23)16-10-14-4-7-15(20)11-18(14)19(12-16)13-5-8-17(24-2)9-6-13/h4-11,19H,12H2,1-3H3. The topological polar surface area (TPSA) is 46.6 Å². The van der Waals surface area contributed by atoms with Gasteiger partial charge in [-0.05, 0) is 53.5 Å². The first-order valence-electron chi connectivity index (χ1n) is 7.87. The summed E-state index contributed by atoms with van der Waals surface area (Å²) in [4.78, 5) is 0. The van der Waals surface area contributed by atoms with Gasteiger partial charge in [0.2, 0.25) is 10.0 Å². The molecule has 25 heavy (non-hydrogen) atoms. The summed E-state index contributed by atoms with van der Waals surface area (Å²) in [6.45, 7) is 0. The number of ether oxygens (including phenoxy) is 1. The zero-order valence-electron chi connectivity index (χ0n) is 14.4. The summed E-state index contributed by atoms with van der Waals surface area (Å²) in [5, 5.41) is 0. The van der Waals surface area contributed by atoms with E-state index in [1.54, 1.807) is 20.2 Å². The van der Waals surface area contributed by atoms with Crippen LogP contribution in [-0.2, 0) is 10.0 Å². The third-order valence-corrected chi connectivity index (χ3v) is 5.81. The summed E-state index contributed by atoms with van der Waals surface area (Å²) in [6, 6.07) is 12.2. The van der Waals surface area contributed by atoms with Gasteiger partial charge in [0.05, 0.1) is 13.4 Å². The molecule has 0 saturated heterocycles. The number of sulfonamides is 1. The van der Waals surface area contributed by atoms with E-state index >= 15 is 0 Å². The second-order valence-electron chi connectivity index (χ2n) is 6.17. The van der Waals surface area contributed by atoms with Crippen molar-refractivity contribution in [3.8, 4) is 5.75 Å². The van der Waals surface area contributed by atoms with Gasteiger partial charge in [-0.2, -0.15) is 0 Å². The maximum absolute atomic E-state index is 13.8. The summed E-state index contributed by atoms with van der Waals surface area (Å²) < 4.78 is 44.1. The van der Waals surface area contributed by atoms with Gasteiger partial charge in [0.1, 0.15) is 11.6 Å². The summed E-state index contributed by atoms with van der Waals surface area (Å²) in [7, 11) is -0.217. The fourth-order valence-corrected chi connectivity index (χ4v) is 3.66. The molecule has 0 radical (unpaired) electrons. The number of nitrogens with zero attached hydrogens (tertiary/aromatic N) is 1. The van der Waals surface area contributed by atoms with Crippen LogP contribution in [0.3, 0.4) is 0 Å². The van der Waals surface area contributed by atoms with Crippen molar-refractivity contribution in [3.05, 3.63) is 70.7 Å². The van der Waals surface area contributed by atoms with Crippen molar-refractivity contribution in [2.45, 2.75) is 12.3 Å². The van der Waals surface area contributed by atoms with Gasteiger partial charge in [0.15, 0.2) is 0 Å². The predicted octanol–water partition coefficient (Wildman–Crippen LogP) is 3.60. The van der Waals surface area contributed by atoms with Crippen LogP contribution in [0, 0.1) is 5.82 Å². The smallest absolute Gasteiger partial charge is 0.231 e. The van der Waals surface area contributed by atoms with Crippen LogP contribution in [0.5, 0.6) is 5.75 Å². The molecule has 0 aromatic heterocycles. The number of allylic oxidation sites excluding steroid dienone is 1. The largest absolute Gasteiger partial charge is 0.497 e. The quantitative estimate of drug-likeness (QED) is 0.836. The van der Waals surface area contributed by atoms with E-state index in [1.807, 2.05) is 30.3 Å². The Morgan fingerprint density at radius 3 is 2.44 bits per heavy atom. The van der Waals surface area contributed by atoms with E-state index in [0.717, 1.165) is 22.4 Å². The van der Waals surface area contributed by atoms with Crippen LogP contribution in [0.1, 0.15) is 29.0 Å². The number of rotatable bonds is 4. The highest BCUT2D eigenvalue weighted by Crippen LogP contribution is 2.40. The van der Waals surface area contributed by atoms with Crippen LogP contribution >= 0.6 is 0 Å². The molecule has 1 aliphatic carbocycles. The summed E-state index contributed by atoms with van der Waals surface area (Å²) in [5.41, 5.74) is 3.36. The van der Waals surface area contributed by atoms with Crippen molar-refractivity contribution in [2.75, 3.05) is 20.4 Å². The second kappa shape index (κ2) is 6.52. The Balaban J connectivity index is 2.09. The predicted molar refractivity (Wildman–Crippen MR) is 96.4 cm³/mol. The molecular formula is C19H20FNO3S. The average Bonchev–Trinajstić information content (AvgIpc) is 2.59. The maximum Gasteiger partial charge on any atom is 0.231 e. The van der Waals surface area contributed by atoms with Crippen molar-refractivity contribution in [1.82, 2.24) is 4.31 Å². The molecule has 0 saturated carbocycles. The summed E-state index contributed by atoms with van der Waals surface area (Å²) in [6.07, 6.45) is 3.47. The minimum Gasteiger partial charge on any atom is -0.497 e. The number of hydrogen-bond donors (Lipinski definition) is 0. The van der Waals surface area contributed by atoms with Crippen LogP contribution < -0.4 is 4.74 Å². The number of fused-ring (bicyclic) bond motifs is 1. The molecule has 3 rings (SSSR count). The highest BCUT2D eigenvalue weighted by molar-refractivity contribution is 7.88. The molecule has 0 aliphatic heterocycles. The highest BCUT2D eigenvalue weighted by Gasteiger charge is 2.27. The molecule has 6 heteroatoms. The van der Waals surface area contributed by atoms with Gasteiger partial charge >= 0.3 is 0 Å². The van der Waals surface area contributed by atoms with Crippen LogP contribution in [0.15, 0.2) is 48.2 Å². The van der Waals surface area contributed by atoms with Crippen molar-refractivity contribution in [2.24, 2.45) is 0 Å². The van der Waals surface area contributed by atoms with Crippen LogP contribution in [0.4, 0.5) is 4.39 Å². The Morgan fingerprint density at radius 1 is 1.16 bits per heavy atom. The van der Waals surface area contributed by atoms with Crippen LogP contribution in [-0.4, -0.2) is 33.1 Å². The second-order valence-corrected chi connectivity index (χ2v) is 8.18. The molecule has 0 amide bonds. The number of methoxy groups -OCH3 is 1. The van der Waals surface area contributed by atoms with Crippen molar-refractivity contribution >= 4 is 16.1 Å². The molecule has 2 aromatic rings. The van der Waals surface area contributed by atoms with Gasteiger partial charge in [0, 0.05) is 18.7 Å². The molecule has 0 fully saturated rings. The van der Waals surface area contributed by atoms with Crippen molar-refractivity contribution in [1.29, 1.82) is 0 Å². The zero-order chi connectivity index (χ0) is 18.2. The first kappa shape index (κ1) is 17.5. The van der Waals surface area contributed by atoms with Gasteiger partial charge < -0.3 is 4.74 Å². The van der Waals surface area contributed by atoms with Gasteiger partial charge in [-0.1, -0.05) is 18.2 Å². The normalized spacial score (nSPS) is 16.8. The Labute approximate surface area is 147 Å². The lowest BCUT2D eigenvalue weighted by atomic mass is 9.81. The zero-order valence-corrected chi connectivity index (χ0v) is 15.2. The molecule has 0 bridgehead atoms. The minimum atomic E-state index is -3.36. The highest BCUT2D eigenvalue weighted by atomic mass is 32.2. The summed E-state index contributed by atoms with van der Waals surface area (Å²) in [5.74, 6) is 0.314. The van der Waals surface area contributed by atoms with Crippen molar-refractivity contribution < 1.29 is 17.5 Å². The van der Waals surface area contributed by atoms with Gasteiger partial charge in [-0.15, -0.1) is 0 Å². The van der Waals surface area contributed by atoms with E-state index in [4.69, 9.17) is 4.74 Å². The van der Waals surface area contributed by atoms with Crippen LogP contribution in [0.2, 0.25) is 0 Å². The van der Waals surface area contributed by atoms with E-state index in [-0.39, 0.29) is 11.7 Å². The van der Waals surface area contributed by atoms with Gasteiger partial charge in [-0.25, -0.2) is 12.8 Å². The third kappa shape index (κ3) is 3.54. The fraction of sp³-hybridized carbons (Fsp3) is 0.263. The maximum atomic E-state index is 13.8. The van der Waals surface area contributed by atoms with E-state index in [9.17, 15) is 12.8 Å². The molecule has 0 heterocycles. The first-order chi connectivity index (χ1) is 11.8. The van der Waals surface area contributed by atoms with E-state index < -0.39 is 10.0 Å². The summed E-state index contributed by atoms with van der Waals surface area (Å²) >= 11 is 0. The molecular weight excluding hydrogens is 341 g/mol. The van der Waals surface area contributed by atoms with E-state index in [2.05, 4.69) is 0 Å². The monoisotopic (exact) mass is 361 g/mol. The number of halogens is 1. The number of hydrogen-bond acceptors (Lipinski definition) is 3. The number of benzene rings is 2. The lowest BCUT2D eigenvalue weighted by molar-refractivity contribution is 0.414. The third-order valence-electron chi connectivity index (χ3n) is 4.58. The molecule has 2 aromatic carbocycles. The van der Waals surface area contributed by atoms with Crippen molar-refractivity contribution in [3.63, 3.8) is 0 Å². The Hall–Kier alpha value is -2.34. The molecule has 0 N–H and O–H groups in total. The average molecular weight is 361 g/mol. The molecule has 1 unspecified atom stereocenters. The molecule has 4 nitrogen and oxygen atoms in total. The van der Waals surface area contributed by atoms with E-state index in [1.165, 1.54) is 22.7 Å². The van der Waals surface area contributed by atoms with Crippen LogP contribution in [0.25, 0.3) is 6.08 Å². The van der Waals surface area contributed by atoms with E-state index in [0.29, 0.717) is 12.1 Å². The lowest BCUT2D eigenvalue weighted by Gasteiger charge is -2.30. The minimum absolute atomic E-state index is 0.124. The first-order valence-corrected chi connectivity index (χ1v) is 9.72. The molecule has 132 valence electrons. The molecule has 1 aliphatic rings. The fourth-order valence-electron chi connectivity index (χ4n) is 3.10. The molecule has 0 spiro atoms. The Morgan fingerprint density at radius 2 is 1.84 bits per heavy atom.